The summed E-state index contributed by atoms with van der Waals surface area (Å²) >= 11 is 3.50. The predicted octanol–water partition coefficient (Wildman–Crippen LogP) is 2.53. The molecule has 2 nitrogen and oxygen atoms in total. The van der Waals surface area contributed by atoms with E-state index < -0.39 is 0 Å². The smallest absolute Gasteiger partial charge is 0.0508 e. The summed E-state index contributed by atoms with van der Waals surface area (Å²) in [7, 11) is 4.04. The number of anilines is 1. The maximum Gasteiger partial charge on any atom is 0.0508 e. The summed E-state index contributed by atoms with van der Waals surface area (Å²) < 4.78 is 1.10. The second-order valence-electron chi connectivity index (χ2n) is 3.39. The molecule has 0 amide bonds. The van der Waals surface area contributed by atoms with Crippen molar-refractivity contribution in [2.24, 2.45) is 5.73 Å². The molecule has 1 aromatic rings. The average Bonchev–Trinajstić information content (AvgIpc) is 2.04. The van der Waals surface area contributed by atoms with Crippen LogP contribution in [0.15, 0.2) is 22.7 Å². The molecule has 0 saturated heterocycles. The zero-order valence-corrected chi connectivity index (χ0v) is 9.80. The lowest BCUT2D eigenvalue weighted by Gasteiger charge is -2.17. The van der Waals surface area contributed by atoms with E-state index in [-0.39, 0.29) is 6.04 Å². The van der Waals surface area contributed by atoms with Gasteiger partial charge in [-0.15, -0.1) is 0 Å². The second-order valence-corrected chi connectivity index (χ2v) is 4.25. The number of nitrogens with zero attached hydrogens (tertiary/aromatic N) is 1. The quantitative estimate of drug-likeness (QED) is 0.864. The van der Waals surface area contributed by atoms with Crippen molar-refractivity contribution in [1.82, 2.24) is 0 Å². The molecule has 0 aliphatic heterocycles. The topological polar surface area (TPSA) is 29.3 Å². The van der Waals surface area contributed by atoms with Crippen LogP contribution in [0.2, 0.25) is 0 Å². The summed E-state index contributed by atoms with van der Waals surface area (Å²) in [5.74, 6) is 0. The molecular formula is C10H15BrN2. The molecule has 13 heavy (non-hydrogen) atoms. The minimum absolute atomic E-state index is 0.0896. The van der Waals surface area contributed by atoms with E-state index >= 15 is 0 Å². The summed E-state index contributed by atoms with van der Waals surface area (Å²) in [5, 5.41) is 0. The van der Waals surface area contributed by atoms with Gasteiger partial charge in [0, 0.05) is 24.6 Å². The van der Waals surface area contributed by atoms with Gasteiger partial charge in [-0.05, 0) is 40.5 Å². The highest BCUT2D eigenvalue weighted by molar-refractivity contribution is 9.10. The maximum absolute atomic E-state index is 5.80. The van der Waals surface area contributed by atoms with Crippen molar-refractivity contribution in [3.63, 3.8) is 0 Å². The lowest BCUT2D eigenvalue weighted by molar-refractivity contribution is 0.817. The third-order valence-corrected chi connectivity index (χ3v) is 2.65. The van der Waals surface area contributed by atoms with Crippen LogP contribution in [0.4, 0.5) is 5.69 Å². The Morgan fingerprint density at radius 1 is 1.38 bits per heavy atom. The summed E-state index contributed by atoms with van der Waals surface area (Å²) in [4.78, 5) is 2.07. The molecule has 0 saturated carbocycles. The van der Waals surface area contributed by atoms with Gasteiger partial charge in [0.15, 0.2) is 0 Å². The molecule has 0 heterocycles. The van der Waals surface area contributed by atoms with Crippen molar-refractivity contribution in [2.75, 3.05) is 19.0 Å². The van der Waals surface area contributed by atoms with Gasteiger partial charge in [0.05, 0.1) is 5.69 Å². The van der Waals surface area contributed by atoms with Crippen LogP contribution in [0.1, 0.15) is 18.5 Å². The van der Waals surface area contributed by atoms with E-state index in [0.717, 1.165) is 15.7 Å². The molecule has 1 unspecified atom stereocenters. The van der Waals surface area contributed by atoms with E-state index in [9.17, 15) is 0 Å². The molecule has 1 atom stereocenters. The fourth-order valence-electron chi connectivity index (χ4n) is 1.16. The van der Waals surface area contributed by atoms with Crippen molar-refractivity contribution < 1.29 is 0 Å². The summed E-state index contributed by atoms with van der Waals surface area (Å²) in [5.41, 5.74) is 8.12. The molecular weight excluding hydrogens is 228 g/mol. The van der Waals surface area contributed by atoms with Crippen molar-refractivity contribution in [2.45, 2.75) is 13.0 Å². The lowest BCUT2D eigenvalue weighted by atomic mass is 10.1. The van der Waals surface area contributed by atoms with Crippen LogP contribution >= 0.6 is 15.9 Å². The highest BCUT2D eigenvalue weighted by atomic mass is 79.9. The van der Waals surface area contributed by atoms with Crippen molar-refractivity contribution in [3.05, 3.63) is 28.2 Å². The van der Waals surface area contributed by atoms with Crippen molar-refractivity contribution in [3.8, 4) is 0 Å². The van der Waals surface area contributed by atoms with E-state index in [1.807, 2.05) is 33.2 Å². The molecule has 0 aliphatic rings. The molecule has 72 valence electrons. The normalized spacial score (nSPS) is 12.7. The number of rotatable bonds is 2. The van der Waals surface area contributed by atoms with E-state index in [1.165, 1.54) is 0 Å². The van der Waals surface area contributed by atoms with Crippen LogP contribution < -0.4 is 10.6 Å². The first kappa shape index (κ1) is 10.5. The molecule has 0 spiro atoms. The number of nitrogens with two attached hydrogens (primary N) is 1. The highest BCUT2D eigenvalue weighted by Gasteiger charge is 2.05. The number of benzene rings is 1. The summed E-state index contributed by atoms with van der Waals surface area (Å²) in [6.45, 7) is 1.99. The zero-order chi connectivity index (χ0) is 10.0. The van der Waals surface area contributed by atoms with Crippen LogP contribution in [0, 0.1) is 0 Å². The van der Waals surface area contributed by atoms with Gasteiger partial charge in [0.25, 0.3) is 0 Å². The SMILES string of the molecule is CC(N)c1ccc(Br)c(N(C)C)c1. The van der Waals surface area contributed by atoms with Crippen LogP contribution in [-0.4, -0.2) is 14.1 Å². The van der Waals surface area contributed by atoms with E-state index in [1.54, 1.807) is 0 Å². The molecule has 0 aliphatic carbocycles. The fraction of sp³-hybridized carbons (Fsp3) is 0.400. The molecule has 0 aromatic heterocycles. The van der Waals surface area contributed by atoms with Gasteiger partial charge in [-0.2, -0.15) is 0 Å². The van der Waals surface area contributed by atoms with Gasteiger partial charge in [-0.25, -0.2) is 0 Å². The zero-order valence-electron chi connectivity index (χ0n) is 8.21. The molecule has 3 heteroatoms. The van der Waals surface area contributed by atoms with E-state index in [4.69, 9.17) is 5.73 Å². The lowest BCUT2D eigenvalue weighted by Crippen LogP contribution is -2.11. The first-order chi connectivity index (χ1) is 6.02. The van der Waals surface area contributed by atoms with Crippen LogP contribution in [-0.2, 0) is 0 Å². The Labute approximate surface area is 87.9 Å². The second kappa shape index (κ2) is 4.11. The van der Waals surface area contributed by atoms with Crippen molar-refractivity contribution >= 4 is 21.6 Å². The molecule has 1 rings (SSSR count). The summed E-state index contributed by atoms with van der Waals surface area (Å²) in [6.07, 6.45) is 0. The third-order valence-electron chi connectivity index (χ3n) is 1.98. The van der Waals surface area contributed by atoms with Crippen LogP contribution in [0.25, 0.3) is 0 Å². The molecule has 0 fully saturated rings. The van der Waals surface area contributed by atoms with Gasteiger partial charge < -0.3 is 10.6 Å². The molecule has 1 aromatic carbocycles. The Morgan fingerprint density at radius 3 is 2.46 bits per heavy atom. The first-order valence-corrected chi connectivity index (χ1v) is 5.04. The minimum Gasteiger partial charge on any atom is -0.377 e. The maximum atomic E-state index is 5.80. The number of hydrogen-bond donors (Lipinski definition) is 1. The summed E-state index contributed by atoms with van der Waals surface area (Å²) in [6, 6.07) is 6.27. The Bertz CT molecular complexity index is 295. The largest absolute Gasteiger partial charge is 0.377 e. The first-order valence-electron chi connectivity index (χ1n) is 4.24. The highest BCUT2D eigenvalue weighted by Crippen LogP contribution is 2.27. The molecule has 0 radical (unpaired) electrons. The monoisotopic (exact) mass is 242 g/mol. The number of halogens is 1. The van der Waals surface area contributed by atoms with Crippen LogP contribution in [0.3, 0.4) is 0 Å². The number of hydrogen-bond acceptors (Lipinski definition) is 2. The van der Waals surface area contributed by atoms with Gasteiger partial charge >= 0.3 is 0 Å². The minimum atomic E-state index is 0.0896. The van der Waals surface area contributed by atoms with E-state index in [0.29, 0.717) is 0 Å². The van der Waals surface area contributed by atoms with E-state index in [2.05, 4.69) is 26.9 Å². The van der Waals surface area contributed by atoms with Gasteiger partial charge in [0.1, 0.15) is 0 Å². The van der Waals surface area contributed by atoms with Crippen molar-refractivity contribution in [1.29, 1.82) is 0 Å². The predicted molar refractivity (Wildman–Crippen MR) is 61.1 cm³/mol. The van der Waals surface area contributed by atoms with Crippen LogP contribution in [0.5, 0.6) is 0 Å². The average molecular weight is 243 g/mol. The fourth-order valence-corrected chi connectivity index (χ4v) is 1.76. The molecule has 2 N–H and O–H groups in total. The molecule has 0 bridgehead atoms. The Kier molecular flexibility index (Phi) is 3.33. The Morgan fingerprint density at radius 2 is 2.00 bits per heavy atom. The van der Waals surface area contributed by atoms with Gasteiger partial charge in [0.2, 0.25) is 0 Å². The Hall–Kier alpha value is -0.540. The third kappa shape index (κ3) is 2.45. The Balaban J connectivity index is 3.11. The van der Waals surface area contributed by atoms with Gasteiger partial charge in [-0.1, -0.05) is 6.07 Å². The standard InChI is InChI=1S/C10H15BrN2/c1-7(12)8-4-5-9(11)10(6-8)13(2)3/h4-7H,12H2,1-3H3. The van der Waals surface area contributed by atoms with Gasteiger partial charge in [-0.3, -0.25) is 0 Å².